The summed E-state index contributed by atoms with van der Waals surface area (Å²) in [4.78, 5) is 9.11. The van der Waals surface area contributed by atoms with Gasteiger partial charge in [0.25, 0.3) is 0 Å². The molecular formula is C21H22N4. The van der Waals surface area contributed by atoms with Gasteiger partial charge in [0.05, 0.1) is 16.8 Å². The molecule has 4 heteroatoms. The summed E-state index contributed by atoms with van der Waals surface area (Å²) in [5.74, 6) is 0.730. The number of rotatable bonds is 2. The number of aryl methyl sites for hydroxylation is 2. The Morgan fingerprint density at radius 1 is 1.00 bits per heavy atom. The first-order valence-corrected chi connectivity index (χ1v) is 8.34. The lowest BCUT2D eigenvalue weighted by Crippen LogP contribution is -2.12. The van der Waals surface area contributed by atoms with Gasteiger partial charge in [0.1, 0.15) is 11.9 Å². The number of hydrogen-bond donors (Lipinski definition) is 1. The maximum absolute atomic E-state index is 9.03. The van der Waals surface area contributed by atoms with E-state index in [1.807, 2.05) is 32.0 Å². The Kier molecular flexibility index (Phi) is 4.18. The average Bonchev–Trinajstić information content (AvgIpc) is 2.54. The summed E-state index contributed by atoms with van der Waals surface area (Å²) in [5, 5.41) is 13.5. The minimum Gasteiger partial charge on any atom is -0.340 e. The predicted molar refractivity (Wildman–Crippen MR) is 102 cm³/mol. The Bertz CT molecular complexity index is 991. The van der Waals surface area contributed by atoms with Crippen LogP contribution in [0.25, 0.3) is 10.9 Å². The minimum atomic E-state index is 0.0356. The molecule has 0 atom stereocenters. The zero-order valence-corrected chi connectivity index (χ0v) is 15.3. The van der Waals surface area contributed by atoms with Crippen molar-refractivity contribution in [2.45, 2.75) is 40.0 Å². The highest BCUT2D eigenvalue weighted by molar-refractivity contribution is 5.87. The van der Waals surface area contributed by atoms with Gasteiger partial charge in [-0.2, -0.15) is 5.26 Å². The summed E-state index contributed by atoms with van der Waals surface area (Å²) in [6.45, 7) is 10.5. The number of nitrogens with zero attached hydrogens (tertiary/aromatic N) is 3. The fraction of sp³-hybridized carbons (Fsp3) is 0.286. The van der Waals surface area contributed by atoms with Crippen LogP contribution in [0.3, 0.4) is 0 Å². The van der Waals surface area contributed by atoms with Crippen molar-refractivity contribution in [3.05, 3.63) is 58.9 Å². The van der Waals surface area contributed by atoms with E-state index in [1.54, 1.807) is 6.07 Å². The van der Waals surface area contributed by atoms with Gasteiger partial charge in [0.2, 0.25) is 0 Å². The summed E-state index contributed by atoms with van der Waals surface area (Å²) in [6.07, 6.45) is 0. The molecule has 0 aliphatic heterocycles. The highest BCUT2D eigenvalue weighted by Crippen LogP contribution is 2.32. The molecule has 2 heterocycles. The second-order valence-corrected chi connectivity index (χ2v) is 7.36. The van der Waals surface area contributed by atoms with Crippen LogP contribution in [0.15, 0.2) is 36.4 Å². The lowest BCUT2D eigenvalue weighted by Gasteiger charge is -2.22. The summed E-state index contributed by atoms with van der Waals surface area (Å²) >= 11 is 0. The number of nitriles is 1. The molecule has 1 aromatic carbocycles. The maximum atomic E-state index is 9.03. The predicted octanol–water partition coefficient (Wildman–Crippen LogP) is 5.16. The van der Waals surface area contributed by atoms with Crippen molar-refractivity contribution >= 4 is 22.4 Å². The normalized spacial score (nSPS) is 11.4. The van der Waals surface area contributed by atoms with E-state index in [4.69, 9.17) is 5.26 Å². The molecule has 1 N–H and O–H groups in total. The largest absolute Gasteiger partial charge is 0.340 e. The second-order valence-electron chi connectivity index (χ2n) is 7.36. The van der Waals surface area contributed by atoms with Gasteiger partial charge in [-0.25, -0.2) is 4.98 Å². The number of fused-ring (bicyclic) bond motifs is 1. The van der Waals surface area contributed by atoms with Crippen LogP contribution in [0.2, 0.25) is 0 Å². The quantitative estimate of drug-likeness (QED) is 0.705. The van der Waals surface area contributed by atoms with Gasteiger partial charge in [-0.15, -0.1) is 0 Å². The van der Waals surface area contributed by atoms with Crippen LogP contribution >= 0.6 is 0 Å². The minimum absolute atomic E-state index is 0.0356. The third-order valence-electron chi connectivity index (χ3n) is 4.22. The number of anilines is 2. The molecule has 0 unspecified atom stereocenters. The molecular weight excluding hydrogens is 308 g/mol. The summed E-state index contributed by atoms with van der Waals surface area (Å²) in [6, 6.07) is 14.1. The fourth-order valence-corrected chi connectivity index (χ4v) is 2.95. The van der Waals surface area contributed by atoms with Gasteiger partial charge in [-0.1, -0.05) is 20.8 Å². The van der Waals surface area contributed by atoms with E-state index < -0.39 is 0 Å². The Morgan fingerprint density at radius 2 is 1.76 bits per heavy atom. The molecule has 3 aromatic rings. The number of pyridine rings is 2. The number of hydrogen-bond acceptors (Lipinski definition) is 4. The van der Waals surface area contributed by atoms with Crippen molar-refractivity contribution < 1.29 is 0 Å². The maximum Gasteiger partial charge on any atom is 0.130 e. The van der Waals surface area contributed by atoms with E-state index in [-0.39, 0.29) is 5.41 Å². The Morgan fingerprint density at radius 3 is 2.40 bits per heavy atom. The van der Waals surface area contributed by atoms with Crippen LogP contribution in [-0.2, 0) is 5.41 Å². The first kappa shape index (κ1) is 16.9. The fourth-order valence-electron chi connectivity index (χ4n) is 2.95. The molecule has 0 bridgehead atoms. The highest BCUT2D eigenvalue weighted by Gasteiger charge is 2.18. The van der Waals surface area contributed by atoms with Crippen LogP contribution in [0.5, 0.6) is 0 Å². The first-order chi connectivity index (χ1) is 11.8. The van der Waals surface area contributed by atoms with Gasteiger partial charge in [0, 0.05) is 16.8 Å². The van der Waals surface area contributed by atoms with E-state index in [2.05, 4.69) is 54.3 Å². The van der Waals surface area contributed by atoms with Crippen molar-refractivity contribution in [3.8, 4) is 6.07 Å². The lowest BCUT2D eigenvalue weighted by atomic mass is 9.84. The van der Waals surface area contributed by atoms with E-state index >= 15 is 0 Å². The molecule has 0 saturated heterocycles. The Labute approximate surface area is 148 Å². The molecule has 0 aliphatic carbocycles. The monoisotopic (exact) mass is 330 g/mol. The average molecular weight is 330 g/mol. The Hall–Kier alpha value is -2.93. The molecule has 3 rings (SSSR count). The van der Waals surface area contributed by atoms with Gasteiger partial charge in [-0.05, 0) is 61.2 Å². The number of nitrogens with one attached hydrogen (secondary N) is 1. The summed E-state index contributed by atoms with van der Waals surface area (Å²) < 4.78 is 0. The molecule has 126 valence electrons. The summed E-state index contributed by atoms with van der Waals surface area (Å²) in [5.41, 5.74) is 5.62. The molecule has 4 nitrogen and oxygen atoms in total. The van der Waals surface area contributed by atoms with Crippen molar-refractivity contribution in [1.29, 1.82) is 5.26 Å². The molecule has 0 aliphatic rings. The van der Waals surface area contributed by atoms with E-state index in [0.717, 1.165) is 33.8 Å². The van der Waals surface area contributed by atoms with Gasteiger partial charge < -0.3 is 5.32 Å². The third kappa shape index (κ3) is 3.46. The van der Waals surface area contributed by atoms with Crippen molar-refractivity contribution in [2.24, 2.45) is 0 Å². The molecule has 0 saturated carbocycles. The van der Waals surface area contributed by atoms with Crippen LogP contribution in [0.4, 0.5) is 11.5 Å². The van der Waals surface area contributed by atoms with Crippen molar-refractivity contribution in [1.82, 2.24) is 9.97 Å². The highest BCUT2D eigenvalue weighted by atomic mass is 15.0. The SMILES string of the molecule is Cc1cc(C(C)(C)C)c2cc(Nc3ccc(C#N)c(C)n3)ccc2n1. The second kappa shape index (κ2) is 6.18. The van der Waals surface area contributed by atoms with Crippen LogP contribution in [0, 0.1) is 25.2 Å². The number of aromatic nitrogens is 2. The molecule has 0 fully saturated rings. The standard InChI is InChI=1S/C21H22N4/c1-13-10-18(21(3,4)5)17-11-16(7-8-19(17)23-13)25-20-9-6-15(12-22)14(2)24-20/h6-11H,1-5H3,(H,24,25). The van der Waals surface area contributed by atoms with Gasteiger partial charge in [0.15, 0.2) is 0 Å². The van der Waals surface area contributed by atoms with Crippen LogP contribution in [-0.4, -0.2) is 9.97 Å². The van der Waals surface area contributed by atoms with Crippen molar-refractivity contribution in [3.63, 3.8) is 0 Å². The Balaban J connectivity index is 2.05. The molecule has 0 spiro atoms. The third-order valence-corrected chi connectivity index (χ3v) is 4.22. The number of benzene rings is 1. The first-order valence-electron chi connectivity index (χ1n) is 8.34. The van der Waals surface area contributed by atoms with Gasteiger partial charge >= 0.3 is 0 Å². The van der Waals surface area contributed by atoms with Crippen molar-refractivity contribution in [2.75, 3.05) is 5.32 Å². The molecule has 25 heavy (non-hydrogen) atoms. The van der Waals surface area contributed by atoms with E-state index in [1.165, 1.54) is 5.56 Å². The molecule has 0 radical (unpaired) electrons. The van der Waals surface area contributed by atoms with Crippen LogP contribution < -0.4 is 5.32 Å². The van der Waals surface area contributed by atoms with E-state index in [0.29, 0.717) is 5.56 Å². The lowest BCUT2D eigenvalue weighted by molar-refractivity contribution is 0.594. The smallest absolute Gasteiger partial charge is 0.130 e. The van der Waals surface area contributed by atoms with Gasteiger partial charge in [-0.3, -0.25) is 4.98 Å². The summed E-state index contributed by atoms with van der Waals surface area (Å²) in [7, 11) is 0. The zero-order chi connectivity index (χ0) is 18.2. The van der Waals surface area contributed by atoms with E-state index in [9.17, 15) is 0 Å². The molecule has 2 aromatic heterocycles. The topological polar surface area (TPSA) is 61.6 Å². The molecule has 0 amide bonds. The van der Waals surface area contributed by atoms with Crippen LogP contribution in [0.1, 0.15) is 43.3 Å². The zero-order valence-electron chi connectivity index (χ0n) is 15.3.